The predicted octanol–water partition coefficient (Wildman–Crippen LogP) is 15.0. The van der Waals surface area contributed by atoms with Crippen LogP contribution in [0.1, 0.15) is 259 Å². The van der Waals surface area contributed by atoms with Crippen LogP contribution in [0.5, 0.6) is 0 Å². The molecule has 0 aromatic rings. The van der Waals surface area contributed by atoms with E-state index in [1.165, 1.54) is 148 Å². The van der Waals surface area contributed by atoms with E-state index in [-0.39, 0.29) is 31.1 Å². The molecule has 0 aromatic carbocycles. The first-order valence-corrected chi connectivity index (χ1v) is 23.8. The molecular formula is C48H92O6. The average Bonchev–Trinajstić information content (AvgIpc) is 3.15. The predicted molar refractivity (Wildman–Crippen MR) is 229 cm³/mol. The van der Waals surface area contributed by atoms with Gasteiger partial charge in [-0.15, -0.1) is 0 Å². The number of ether oxygens (including phenoxy) is 3. The minimum absolute atomic E-state index is 0.0655. The van der Waals surface area contributed by atoms with Crippen LogP contribution in [0.25, 0.3) is 0 Å². The van der Waals surface area contributed by atoms with E-state index in [1.807, 2.05) is 0 Å². The number of carbonyl (C=O) groups is 3. The molecule has 320 valence electrons. The zero-order chi connectivity index (χ0) is 39.7. The number of hydrogen-bond donors (Lipinski definition) is 0. The van der Waals surface area contributed by atoms with Crippen molar-refractivity contribution in [1.29, 1.82) is 0 Å². The molecule has 0 spiro atoms. The Balaban J connectivity index is 4.21. The highest BCUT2D eigenvalue weighted by molar-refractivity contribution is 5.71. The third-order valence-corrected chi connectivity index (χ3v) is 11.1. The highest BCUT2D eigenvalue weighted by Gasteiger charge is 2.19. The molecule has 0 aliphatic rings. The Kier molecular flexibility index (Phi) is 39.8. The van der Waals surface area contributed by atoms with Gasteiger partial charge in [0.05, 0.1) is 0 Å². The van der Waals surface area contributed by atoms with Crippen LogP contribution in [0.3, 0.4) is 0 Å². The number of rotatable bonds is 42. The minimum Gasteiger partial charge on any atom is -0.462 e. The molecule has 0 bridgehead atoms. The molecular weight excluding hydrogens is 673 g/mol. The highest BCUT2D eigenvalue weighted by atomic mass is 16.6. The maximum atomic E-state index is 12.7. The van der Waals surface area contributed by atoms with E-state index >= 15 is 0 Å². The molecule has 6 heteroatoms. The van der Waals surface area contributed by atoms with Crippen molar-refractivity contribution in [2.24, 2.45) is 11.8 Å². The molecule has 2 atom stereocenters. The zero-order valence-electron chi connectivity index (χ0n) is 36.8. The van der Waals surface area contributed by atoms with Crippen LogP contribution in [-0.4, -0.2) is 37.2 Å². The monoisotopic (exact) mass is 765 g/mol. The van der Waals surface area contributed by atoms with Gasteiger partial charge in [-0.3, -0.25) is 14.4 Å². The Morgan fingerprint density at radius 2 is 0.704 bits per heavy atom. The summed E-state index contributed by atoms with van der Waals surface area (Å²) in [5.41, 5.74) is 0. The number of carbonyl (C=O) groups excluding carboxylic acids is 3. The molecule has 6 nitrogen and oxygen atoms in total. The Morgan fingerprint density at radius 3 is 1.06 bits per heavy atom. The summed E-state index contributed by atoms with van der Waals surface area (Å²) in [5.74, 6) is 0.793. The first-order valence-electron chi connectivity index (χ1n) is 23.8. The molecule has 0 N–H and O–H groups in total. The number of hydrogen-bond acceptors (Lipinski definition) is 6. The van der Waals surface area contributed by atoms with Crippen molar-refractivity contribution < 1.29 is 28.6 Å². The van der Waals surface area contributed by atoms with E-state index in [0.29, 0.717) is 19.3 Å². The molecule has 0 radical (unpaired) electrons. The largest absolute Gasteiger partial charge is 0.462 e. The van der Waals surface area contributed by atoms with Crippen molar-refractivity contribution in [2.75, 3.05) is 13.2 Å². The topological polar surface area (TPSA) is 78.9 Å². The summed E-state index contributed by atoms with van der Waals surface area (Å²) in [6.45, 7) is 11.3. The third kappa shape index (κ3) is 40.1. The molecule has 0 aromatic heterocycles. The summed E-state index contributed by atoms with van der Waals surface area (Å²) in [7, 11) is 0. The fourth-order valence-corrected chi connectivity index (χ4v) is 7.07. The van der Waals surface area contributed by atoms with Gasteiger partial charge in [0.1, 0.15) is 13.2 Å². The van der Waals surface area contributed by atoms with Crippen molar-refractivity contribution in [3.8, 4) is 0 Å². The van der Waals surface area contributed by atoms with Gasteiger partial charge in [0.25, 0.3) is 0 Å². The molecule has 0 heterocycles. The van der Waals surface area contributed by atoms with Gasteiger partial charge in [0.2, 0.25) is 0 Å². The van der Waals surface area contributed by atoms with E-state index in [2.05, 4.69) is 34.6 Å². The Hall–Kier alpha value is -1.59. The standard InChI is InChI=1S/C48H92O6/c1-6-8-9-10-11-18-22-28-33-38-46(49)52-41-45(54-48(51)40-35-30-25-24-26-31-36-43(3)4)42-53-47(50)39-34-29-23-20-17-15-13-12-14-16-19-21-27-32-37-44(5)7-2/h43-45H,6-42H2,1-5H3/t44?,45-/m0/s1. The second-order valence-corrected chi connectivity index (χ2v) is 17.1. The molecule has 0 amide bonds. The molecule has 0 saturated heterocycles. The normalized spacial score (nSPS) is 12.6. The van der Waals surface area contributed by atoms with E-state index in [0.717, 1.165) is 69.6 Å². The lowest BCUT2D eigenvalue weighted by Gasteiger charge is -2.18. The van der Waals surface area contributed by atoms with Gasteiger partial charge in [0.15, 0.2) is 6.10 Å². The second-order valence-electron chi connectivity index (χ2n) is 17.1. The number of esters is 3. The Labute approximate surface area is 336 Å². The Bertz CT molecular complexity index is 826. The maximum absolute atomic E-state index is 12.7. The summed E-state index contributed by atoms with van der Waals surface area (Å²) in [6.07, 6.45) is 39.6. The van der Waals surface area contributed by atoms with Crippen LogP contribution < -0.4 is 0 Å². The van der Waals surface area contributed by atoms with Gasteiger partial charge < -0.3 is 14.2 Å². The van der Waals surface area contributed by atoms with Gasteiger partial charge >= 0.3 is 17.9 Å². The van der Waals surface area contributed by atoms with Crippen molar-refractivity contribution in [2.45, 2.75) is 265 Å². The second kappa shape index (κ2) is 41.1. The zero-order valence-corrected chi connectivity index (χ0v) is 36.8. The van der Waals surface area contributed by atoms with Crippen molar-refractivity contribution in [3.05, 3.63) is 0 Å². The summed E-state index contributed by atoms with van der Waals surface area (Å²) < 4.78 is 16.7. The minimum atomic E-state index is -0.760. The fraction of sp³-hybridized carbons (Fsp3) is 0.938. The third-order valence-electron chi connectivity index (χ3n) is 11.1. The molecule has 0 aliphatic carbocycles. The van der Waals surface area contributed by atoms with Gasteiger partial charge in [0, 0.05) is 19.3 Å². The molecule has 1 unspecified atom stereocenters. The fourth-order valence-electron chi connectivity index (χ4n) is 7.07. The summed E-state index contributed by atoms with van der Waals surface area (Å²) >= 11 is 0. The van der Waals surface area contributed by atoms with Gasteiger partial charge in [-0.25, -0.2) is 0 Å². The molecule has 54 heavy (non-hydrogen) atoms. The molecule has 0 saturated carbocycles. The molecule has 0 aliphatic heterocycles. The van der Waals surface area contributed by atoms with Gasteiger partial charge in [-0.05, 0) is 31.1 Å². The molecule has 0 fully saturated rings. The van der Waals surface area contributed by atoms with Crippen LogP contribution in [0, 0.1) is 11.8 Å². The van der Waals surface area contributed by atoms with E-state index in [9.17, 15) is 14.4 Å². The summed E-state index contributed by atoms with van der Waals surface area (Å²) in [6, 6.07) is 0. The van der Waals surface area contributed by atoms with Crippen LogP contribution in [0.4, 0.5) is 0 Å². The van der Waals surface area contributed by atoms with E-state index in [4.69, 9.17) is 14.2 Å². The lowest BCUT2D eigenvalue weighted by atomic mass is 9.99. The van der Waals surface area contributed by atoms with E-state index in [1.54, 1.807) is 0 Å². The van der Waals surface area contributed by atoms with Crippen LogP contribution in [0.2, 0.25) is 0 Å². The van der Waals surface area contributed by atoms with Crippen LogP contribution in [0.15, 0.2) is 0 Å². The average molecular weight is 765 g/mol. The van der Waals surface area contributed by atoms with Crippen molar-refractivity contribution in [1.82, 2.24) is 0 Å². The number of unbranched alkanes of at least 4 members (excludes halogenated alkanes) is 26. The Morgan fingerprint density at radius 1 is 0.389 bits per heavy atom. The SMILES string of the molecule is CCCCCCCCCCCC(=O)OC[C@@H](COC(=O)CCCCCCCCCCCCCCCCC(C)CC)OC(=O)CCCCCCCCC(C)C. The van der Waals surface area contributed by atoms with Crippen LogP contribution >= 0.6 is 0 Å². The van der Waals surface area contributed by atoms with Crippen LogP contribution in [-0.2, 0) is 28.6 Å². The van der Waals surface area contributed by atoms with Gasteiger partial charge in [-0.2, -0.15) is 0 Å². The van der Waals surface area contributed by atoms with Crippen molar-refractivity contribution >= 4 is 17.9 Å². The summed E-state index contributed by atoms with van der Waals surface area (Å²) in [4.78, 5) is 37.6. The van der Waals surface area contributed by atoms with Gasteiger partial charge in [-0.1, -0.05) is 221 Å². The first kappa shape index (κ1) is 52.4. The first-order chi connectivity index (χ1) is 26.3. The lowest BCUT2D eigenvalue weighted by Crippen LogP contribution is -2.30. The highest BCUT2D eigenvalue weighted by Crippen LogP contribution is 2.17. The lowest BCUT2D eigenvalue weighted by molar-refractivity contribution is -0.167. The molecule has 0 rings (SSSR count). The quantitative estimate of drug-likeness (QED) is 0.0350. The van der Waals surface area contributed by atoms with E-state index < -0.39 is 6.10 Å². The maximum Gasteiger partial charge on any atom is 0.306 e. The van der Waals surface area contributed by atoms with Crippen molar-refractivity contribution in [3.63, 3.8) is 0 Å². The smallest absolute Gasteiger partial charge is 0.306 e. The summed E-state index contributed by atoms with van der Waals surface area (Å²) in [5, 5.41) is 0.